The highest BCUT2D eigenvalue weighted by molar-refractivity contribution is 5.93. The van der Waals surface area contributed by atoms with E-state index >= 15 is 0 Å². The van der Waals surface area contributed by atoms with Crippen molar-refractivity contribution < 1.29 is 9.53 Å². The second-order valence-corrected chi connectivity index (χ2v) is 3.75. The van der Waals surface area contributed by atoms with Crippen molar-refractivity contribution in [3.05, 3.63) is 48.3 Å². The number of nitrogens with zero attached hydrogens (tertiary/aromatic N) is 1. The zero-order chi connectivity index (χ0) is 13.0. The van der Waals surface area contributed by atoms with Gasteiger partial charge in [-0.1, -0.05) is 30.3 Å². The third-order valence-corrected chi connectivity index (χ3v) is 2.49. The lowest BCUT2D eigenvalue weighted by molar-refractivity contribution is 0.0521. The van der Waals surface area contributed by atoms with E-state index in [2.05, 4.69) is 4.98 Å². The van der Waals surface area contributed by atoms with Crippen LogP contribution in [0.2, 0.25) is 0 Å². The SMILES string of the molecule is CCOC(=O)c1ncc(-c2ccccc2)cc1N. The number of anilines is 1. The molecule has 18 heavy (non-hydrogen) atoms. The molecule has 0 saturated heterocycles. The van der Waals surface area contributed by atoms with Crippen molar-refractivity contribution in [3.8, 4) is 11.1 Å². The number of carbonyl (C=O) groups is 1. The molecule has 1 aromatic heterocycles. The summed E-state index contributed by atoms with van der Waals surface area (Å²) in [5.41, 5.74) is 8.20. The first-order valence-electron chi connectivity index (χ1n) is 5.70. The van der Waals surface area contributed by atoms with Crippen LogP contribution in [0.4, 0.5) is 5.69 Å². The van der Waals surface area contributed by atoms with E-state index in [0.717, 1.165) is 11.1 Å². The predicted molar refractivity (Wildman–Crippen MR) is 70.0 cm³/mol. The summed E-state index contributed by atoms with van der Waals surface area (Å²) < 4.78 is 4.87. The molecule has 4 heteroatoms. The zero-order valence-electron chi connectivity index (χ0n) is 10.1. The monoisotopic (exact) mass is 242 g/mol. The number of ether oxygens (including phenoxy) is 1. The van der Waals surface area contributed by atoms with Crippen molar-refractivity contribution in [1.29, 1.82) is 0 Å². The summed E-state index contributed by atoms with van der Waals surface area (Å²) in [5, 5.41) is 0. The van der Waals surface area contributed by atoms with Crippen LogP contribution in [0, 0.1) is 0 Å². The fraction of sp³-hybridized carbons (Fsp3) is 0.143. The van der Waals surface area contributed by atoms with Crippen LogP contribution in [0.3, 0.4) is 0 Å². The minimum Gasteiger partial charge on any atom is -0.461 e. The lowest BCUT2D eigenvalue weighted by Crippen LogP contribution is -2.10. The highest BCUT2D eigenvalue weighted by Gasteiger charge is 2.13. The fourth-order valence-corrected chi connectivity index (χ4v) is 1.64. The minimum absolute atomic E-state index is 0.163. The number of pyridine rings is 1. The van der Waals surface area contributed by atoms with Crippen molar-refractivity contribution >= 4 is 11.7 Å². The molecule has 2 aromatic rings. The molecule has 0 unspecified atom stereocenters. The average Bonchev–Trinajstić information content (AvgIpc) is 2.40. The van der Waals surface area contributed by atoms with Gasteiger partial charge in [-0.25, -0.2) is 9.78 Å². The summed E-state index contributed by atoms with van der Waals surface area (Å²) >= 11 is 0. The molecule has 2 rings (SSSR count). The summed E-state index contributed by atoms with van der Waals surface area (Å²) in [6.07, 6.45) is 1.62. The Labute approximate surface area is 105 Å². The Balaban J connectivity index is 2.34. The molecule has 1 aromatic carbocycles. The Morgan fingerprint density at radius 1 is 1.28 bits per heavy atom. The van der Waals surface area contributed by atoms with E-state index in [1.165, 1.54) is 0 Å². The second kappa shape index (κ2) is 5.31. The summed E-state index contributed by atoms with van der Waals surface area (Å²) in [6.45, 7) is 2.05. The molecule has 0 amide bonds. The van der Waals surface area contributed by atoms with Gasteiger partial charge in [-0.15, -0.1) is 0 Å². The van der Waals surface area contributed by atoms with Crippen LogP contribution < -0.4 is 5.73 Å². The first-order valence-corrected chi connectivity index (χ1v) is 5.70. The fourth-order valence-electron chi connectivity index (χ4n) is 1.64. The number of benzene rings is 1. The maximum absolute atomic E-state index is 11.5. The third-order valence-electron chi connectivity index (χ3n) is 2.49. The van der Waals surface area contributed by atoms with Gasteiger partial charge >= 0.3 is 5.97 Å². The number of carbonyl (C=O) groups excluding carboxylic acids is 1. The first-order chi connectivity index (χ1) is 8.72. The van der Waals surface area contributed by atoms with Gasteiger partial charge in [-0.05, 0) is 18.6 Å². The smallest absolute Gasteiger partial charge is 0.359 e. The van der Waals surface area contributed by atoms with Gasteiger partial charge in [0.15, 0.2) is 5.69 Å². The molecule has 0 fully saturated rings. The Kier molecular flexibility index (Phi) is 3.57. The van der Waals surface area contributed by atoms with Crippen LogP contribution in [-0.4, -0.2) is 17.6 Å². The number of esters is 1. The third kappa shape index (κ3) is 2.48. The molecule has 0 aliphatic carbocycles. The van der Waals surface area contributed by atoms with E-state index in [9.17, 15) is 4.79 Å². The van der Waals surface area contributed by atoms with E-state index in [1.54, 1.807) is 19.2 Å². The molecule has 2 N–H and O–H groups in total. The van der Waals surface area contributed by atoms with Gasteiger partial charge in [-0.3, -0.25) is 0 Å². The molecule has 92 valence electrons. The Morgan fingerprint density at radius 3 is 2.61 bits per heavy atom. The maximum atomic E-state index is 11.5. The largest absolute Gasteiger partial charge is 0.461 e. The summed E-state index contributed by atoms with van der Waals surface area (Å²) in [5.74, 6) is -0.491. The number of aromatic nitrogens is 1. The van der Waals surface area contributed by atoms with Crippen molar-refractivity contribution in [2.75, 3.05) is 12.3 Å². The summed E-state index contributed by atoms with van der Waals surface area (Å²) in [4.78, 5) is 15.6. The zero-order valence-corrected chi connectivity index (χ0v) is 10.1. The number of hydrogen-bond donors (Lipinski definition) is 1. The predicted octanol–water partition coefficient (Wildman–Crippen LogP) is 2.51. The van der Waals surface area contributed by atoms with E-state index in [1.807, 2.05) is 30.3 Å². The lowest BCUT2D eigenvalue weighted by Gasteiger charge is -2.06. The van der Waals surface area contributed by atoms with Gasteiger partial charge < -0.3 is 10.5 Å². The molecular formula is C14H14N2O2. The molecule has 0 spiro atoms. The molecule has 0 aliphatic heterocycles. The number of hydrogen-bond acceptors (Lipinski definition) is 4. The van der Waals surface area contributed by atoms with Crippen molar-refractivity contribution in [1.82, 2.24) is 4.98 Å². The van der Waals surface area contributed by atoms with Crippen LogP contribution in [0.25, 0.3) is 11.1 Å². The highest BCUT2D eigenvalue weighted by atomic mass is 16.5. The van der Waals surface area contributed by atoms with Crippen LogP contribution in [-0.2, 0) is 4.74 Å². The van der Waals surface area contributed by atoms with Crippen LogP contribution in [0.5, 0.6) is 0 Å². The van der Waals surface area contributed by atoms with E-state index < -0.39 is 5.97 Å². The normalized spacial score (nSPS) is 10.1. The van der Waals surface area contributed by atoms with Crippen LogP contribution in [0.15, 0.2) is 42.6 Å². The molecular weight excluding hydrogens is 228 g/mol. The van der Waals surface area contributed by atoms with Gasteiger partial charge in [0.1, 0.15) is 0 Å². The van der Waals surface area contributed by atoms with Crippen molar-refractivity contribution in [3.63, 3.8) is 0 Å². The van der Waals surface area contributed by atoms with Crippen molar-refractivity contribution in [2.45, 2.75) is 6.92 Å². The topological polar surface area (TPSA) is 65.2 Å². The Morgan fingerprint density at radius 2 is 2.00 bits per heavy atom. The number of nitrogens with two attached hydrogens (primary N) is 1. The molecule has 1 heterocycles. The molecule has 0 radical (unpaired) electrons. The second-order valence-electron chi connectivity index (χ2n) is 3.75. The minimum atomic E-state index is -0.491. The summed E-state index contributed by atoms with van der Waals surface area (Å²) in [7, 11) is 0. The number of rotatable bonds is 3. The molecule has 0 aliphatic rings. The van der Waals surface area contributed by atoms with Gasteiger partial charge in [0.2, 0.25) is 0 Å². The van der Waals surface area contributed by atoms with Crippen LogP contribution in [0.1, 0.15) is 17.4 Å². The van der Waals surface area contributed by atoms with E-state index in [-0.39, 0.29) is 5.69 Å². The first kappa shape index (κ1) is 12.1. The summed E-state index contributed by atoms with van der Waals surface area (Å²) in [6, 6.07) is 11.5. The lowest BCUT2D eigenvalue weighted by atomic mass is 10.1. The molecule has 4 nitrogen and oxygen atoms in total. The number of nitrogen functional groups attached to an aromatic ring is 1. The maximum Gasteiger partial charge on any atom is 0.359 e. The van der Waals surface area contributed by atoms with E-state index in [4.69, 9.17) is 10.5 Å². The molecule has 0 saturated carbocycles. The molecule has 0 bridgehead atoms. The van der Waals surface area contributed by atoms with Crippen molar-refractivity contribution in [2.24, 2.45) is 0 Å². The van der Waals surface area contributed by atoms with E-state index in [0.29, 0.717) is 12.3 Å². The average molecular weight is 242 g/mol. The van der Waals surface area contributed by atoms with Gasteiger partial charge in [0.05, 0.1) is 12.3 Å². The van der Waals surface area contributed by atoms with Crippen LogP contribution >= 0.6 is 0 Å². The van der Waals surface area contributed by atoms with Gasteiger partial charge in [0.25, 0.3) is 0 Å². The van der Waals surface area contributed by atoms with Gasteiger partial charge in [0, 0.05) is 11.8 Å². The molecule has 0 atom stereocenters. The van der Waals surface area contributed by atoms with Gasteiger partial charge in [-0.2, -0.15) is 0 Å². The highest BCUT2D eigenvalue weighted by Crippen LogP contribution is 2.22. The Hall–Kier alpha value is -2.36. The Bertz CT molecular complexity index is 553. The quantitative estimate of drug-likeness (QED) is 0.840. The standard InChI is InChI=1S/C14H14N2O2/c1-2-18-14(17)13-12(15)8-11(9-16-13)10-6-4-3-5-7-10/h3-9H,2,15H2,1H3.